The van der Waals surface area contributed by atoms with Crippen LogP contribution in [0.1, 0.15) is 20.3 Å². The monoisotopic (exact) mass is 434 g/mol. The molecule has 0 amide bonds. The Morgan fingerprint density at radius 3 is 1.76 bits per heavy atom. The second-order valence-electron chi connectivity index (χ2n) is 7.34. The summed E-state index contributed by atoms with van der Waals surface area (Å²) in [5.41, 5.74) is 4.56. The highest BCUT2D eigenvalue weighted by atomic mass is 16.5. The molecule has 0 fully saturated rings. The van der Waals surface area contributed by atoms with Crippen molar-refractivity contribution in [2.45, 2.75) is 20.3 Å². The second-order valence-corrected chi connectivity index (χ2v) is 7.34. The molecule has 166 valence electrons. The van der Waals surface area contributed by atoms with Gasteiger partial charge in [0.15, 0.2) is 0 Å². The minimum absolute atomic E-state index is 0.662. The predicted molar refractivity (Wildman–Crippen MR) is 140 cm³/mol. The molecule has 0 saturated carbocycles. The summed E-state index contributed by atoms with van der Waals surface area (Å²) in [6.07, 6.45) is 12.2. The van der Waals surface area contributed by atoms with Crippen LogP contribution in [-0.2, 0) is 0 Å². The van der Waals surface area contributed by atoms with Crippen molar-refractivity contribution in [1.29, 1.82) is 0 Å². The molecular formula is C31H30O2. The van der Waals surface area contributed by atoms with Gasteiger partial charge >= 0.3 is 0 Å². The molecule has 3 aromatic carbocycles. The lowest BCUT2D eigenvalue weighted by molar-refractivity contribution is 0.443. The van der Waals surface area contributed by atoms with E-state index in [-0.39, 0.29) is 0 Å². The van der Waals surface area contributed by atoms with Gasteiger partial charge in [-0.3, -0.25) is 0 Å². The van der Waals surface area contributed by atoms with Gasteiger partial charge in [0, 0.05) is 0 Å². The van der Waals surface area contributed by atoms with Crippen LogP contribution in [0.2, 0.25) is 0 Å². The summed E-state index contributed by atoms with van der Waals surface area (Å²) in [6.45, 7) is 11.5. The lowest BCUT2D eigenvalue weighted by Gasteiger charge is -2.10. The first kappa shape index (κ1) is 23.6. The maximum absolute atomic E-state index is 5.96. The third-order valence-electron chi connectivity index (χ3n) is 4.99. The first-order valence-corrected chi connectivity index (χ1v) is 11.1. The average molecular weight is 435 g/mol. The fourth-order valence-electron chi connectivity index (χ4n) is 3.26. The minimum atomic E-state index is 0.662. The van der Waals surface area contributed by atoms with E-state index in [9.17, 15) is 0 Å². The topological polar surface area (TPSA) is 18.5 Å². The van der Waals surface area contributed by atoms with Crippen molar-refractivity contribution in [3.05, 3.63) is 134 Å². The molecule has 0 saturated heterocycles. The number of hydrogen-bond acceptors (Lipinski definition) is 2. The van der Waals surface area contributed by atoms with Crippen LogP contribution in [0.3, 0.4) is 0 Å². The van der Waals surface area contributed by atoms with Crippen LogP contribution in [0.15, 0.2) is 134 Å². The number of ether oxygens (including phenoxy) is 2. The zero-order valence-corrected chi connectivity index (χ0v) is 19.3. The number of rotatable bonds is 10. The van der Waals surface area contributed by atoms with Crippen molar-refractivity contribution in [3.63, 3.8) is 0 Å². The Labute approximate surface area is 197 Å². The first-order chi connectivity index (χ1) is 16.2. The van der Waals surface area contributed by atoms with Gasteiger partial charge in [-0.25, -0.2) is 0 Å². The molecule has 3 aromatic rings. The Morgan fingerprint density at radius 2 is 1.30 bits per heavy atom. The van der Waals surface area contributed by atoms with E-state index in [1.54, 1.807) is 18.2 Å². The number of allylic oxidation sites excluding steroid dienone is 6. The fraction of sp³-hybridized carbons (Fsp3) is 0.0968. The van der Waals surface area contributed by atoms with Gasteiger partial charge in [-0.1, -0.05) is 74.7 Å². The SMILES string of the molecule is C=C/C=C(\C=C)Oc1ccc(-c2cccc(-c3ccc(OC(/C=C\CC)=C/C)cc3)c2)cc1. The summed E-state index contributed by atoms with van der Waals surface area (Å²) < 4.78 is 11.8. The number of hydrogen-bond donors (Lipinski definition) is 0. The van der Waals surface area contributed by atoms with E-state index < -0.39 is 0 Å². The summed E-state index contributed by atoms with van der Waals surface area (Å²) in [5, 5.41) is 0. The Morgan fingerprint density at radius 1 is 0.758 bits per heavy atom. The standard InChI is InChI=1S/C31H30O2/c1-5-9-14-29(8-4)33-31-21-17-25(18-22-31)27-13-10-12-26(23-27)24-15-19-30(20-16-24)32-28(7-3)11-6-2/h6-23H,2-3,5H2,1,4H3/b14-9-,28-11+,29-8+. The predicted octanol–water partition coefficient (Wildman–Crippen LogP) is 8.90. The molecule has 0 aliphatic carbocycles. The van der Waals surface area contributed by atoms with Crippen molar-refractivity contribution < 1.29 is 9.47 Å². The highest BCUT2D eigenvalue weighted by Crippen LogP contribution is 2.29. The maximum Gasteiger partial charge on any atom is 0.127 e. The van der Waals surface area contributed by atoms with Crippen molar-refractivity contribution in [3.8, 4) is 33.8 Å². The molecule has 0 radical (unpaired) electrons. The molecule has 3 rings (SSSR count). The van der Waals surface area contributed by atoms with E-state index in [1.165, 1.54) is 0 Å². The lowest BCUT2D eigenvalue weighted by Crippen LogP contribution is -1.92. The molecule has 2 nitrogen and oxygen atoms in total. The van der Waals surface area contributed by atoms with Gasteiger partial charge in [0.05, 0.1) is 0 Å². The summed E-state index contributed by atoms with van der Waals surface area (Å²) in [4.78, 5) is 0. The van der Waals surface area contributed by atoms with Gasteiger partial charge in [-0.2, -0.15) is 0 Å². The van der Waals surface area contributed by atoms with E-state index in [0.29, 0.717) is 5.76 Å². The summed E-state index contributed by atoms with van der Waals surface area (Å²) >= 11 is 0. The molecule has 0 spiro atoms. The Kier molecular flexibility index (Phi) is 8.67. The van der Waals surface area contributed by atoms with Gasteiger partial charge in [-0.05, 0) is 90.2 Å². The first-order valence-electron chi connectivity index (χ1n) is 11.1. The van der Waals surface area contributed by atoms with Crippen LogP contribution in [0, 0.1) is 0 Å². The van der Waals surface area contributed by atoms with Crippen LogP contribution in [-0.4, -0.2) is 0 Å². The zero-order valence-electron chi connectivity index (χ0n) is 19.3. The van der Waals surface area contributed by atoms with Crippen LogP contribution in [0.4, 0.5) is 0 Å². The molecule has 0 aliphatic rings. The quantitative estimate of drug-likeness (QED) is 0.234. The zero-order chi connectivity index (χ0) is 23.5. The Bertz CT molecular complexity index is 1160. The van der Waals surface area contributed by atoms with E-state index in [0.717, 1.165) is 45.9 Å². The molecule has 2 heteroatoms. The molecule has 33 heavy (non-hydrogen) atoms. The van der Waals surface area contributed by atoms with Crippen molar-refractivity contribution in [2.24, 2.45) is 0 Å². The maximum atomic E-state index is 5.96. The third kappa shape index (κ3) is 6.72. The summed E-state index contributed by atoms with van der Waals surface area (Å²) in [7, 11) is 0. The second kappa shape index (κ2) is 12.1. The van der Waals surface area contributed by atoms with Gasteiger partial charge in [0.1, 0.15) is 23.0 Å². The fourth-order valence-corrected chi connectivity index (χ4v) is 3.26. The third-order valence-corrected chi connectivity index (χ3v) is 4.99. The molecule has 0 N–H and O–H groups in total. The highest BCUT2D eigenvalue weighted by molar-refractivity contribution is 5.73. The van der Waals surface area contributed by atoms with E-state index in [1.807, 2.05) is 43.3 Å². The molecule has 0 aromatic heterocycles. The average Bonchev–Trinajstić information content (AvgIpc) is 2.87. The summed E-state index contributed by atoms with van der Waals surface area (Å²) in [5.74, 6) is 3.09. The van der Waals surface area contributed by atoms with E-state index >= 15 is 0 Å². The van der Waals surface area contributed by atoms with Crippen LogP contribution >= 0.6 is 0 Å². The van der Waals surface area contributed by atoms with E-state index in [2.05, 4.69) is 74.7 Å². The van der Waals surface area contributed by atoms with Crippen LogP contribution in [0.25, 0.3) is 22.3 Å². The Hall–Kier alpha value is -4.04. The molecule has 0 heterocycles. The molecule has 0 aliphatic heterocycles. The van der Waals surface area contributed by atoms with Gasteiger partial charge in [0.25, 0.3) is 0 Å². The number of benzene rings is 3. The van der Waals surface area contributed by atoms with Crippen LogP contribution < -0.4 is 9.47 Å². The van der Waals surface area contributed by atoms with Crippen molar-refractivity contribution >= 4 is 0 Å². The molecule has 0 unspecified atom stereocenters. The van der Waals surface area contributed by atoms with Gasteiger partial charge in [0.2, 0.25) is 0 Å². The summed E-state index contributed by atoms with van der Waals surface area (Å²) in [6, 6.07) is 24.7. The van der Waals surface area contributed by atoms with Gasteiger partial charge in [-0.15, -0.1) is 0 Å². The smallest absolute Gasteiger partial charge is 0.127 e. The lowest BCUT2D eigenvalue weighted by atomic mass is 9.99. The minimum Gasteiger partial charge on any atom is -0.458 e. The van der Waals surface area contributed by atoms with Crippen molar-refractivity contribution in [2.75, 3.05) is 0 Å². The van der Waals surface area contributed by atoms with Crippen LogP contribution in [0.5, 0.6) is 11.5 Å². The molecular weight excluding hydrogens is 404 g/mol. The largest absolute Gasteiger partial charge is 0.458 e. The van der Waals surface area contributed by atoms with E-state index in [4.69, 9.17) is 9.47 Å². The highest BCUT2D eigenvalue weighted by Gasteiger charge is 2.04. The Balaban J connectivity index is 1.75. The molecule has 0 atom stereocenters. The molecule has 0 bridgehead atoms. The van der Waals surface area contributed by atoms with Crippen molar-refractivity contribution in [1.82, 2.24) is 0 Å². The van der Waals surface area contributed by atoms with Gasteiger partial charge < -0.3 is 9.47 Å². The normalized spacial score (nSPS) is 11.9.